The first-order chi connectivity index (χ1) is 7.88. The molecule has 2 radical (unpaired) electrons. The smallest absolute Gasteiger partial charge is 0.355 e. The fourth-order valence-corrected chi connectivity index (χ4v) is 1.65. The van der Waals surface area contributed by atoms with Gasteiger partial charge in [-0.3, -0.25) is 0 Å². The van der Waals surface area contributed by atoms with Crippen LogP contribution in [0.3, 0.4) is 0 Å². The number of para-hydroxylation sites is 1. The summed E-state index contributed by atoms with van der Waals surface area (Å²) in [7, 11) is 0. The summed E-state index contributed by atoms with van der Waals surface area (Å²) < 4.78 is 5.28. The highest BCUT2D eigenvalue weighted by Gasteiger charge is 2.21. The minimum Gasteiger partial charge on any atom is -0.455 e. The molecule has 3 nitrogen and oxygen atoms in total. The second kappa shape index (κ2) is 3.91. The van der Waals surface area contributed by atoms with Crippen LogP contribution in [-0.4, -0.2) is 16.6 Å². The molecule has 0 aliphatic rings. The maximum Gasteiger partial charge on any atom is 0.355 e. The molecule has 3 heteroatoms. The van der Waals surface area contributed by atoms with Gasteiger partial charge in [0.1, 0.15) is 11.3 Å². The Bertz CT molecular complexity index is 561. The van der Waals surface area contributed by atoms with E-state index in [-0.39, 0.29) is 0 Å². The summed E-state index contributed by atoms with van der Waals surface area (Å²) in [5.41, 5.74) is 1.07. The number of H-pyrrole nitrogens is 1. The summed E-state index contributed by atoms with van der Waals surface area (Å²) in [6.07, 6.45) is 0. The van der Waals surface area contributed by atoms with Crippen molar-refractivity contribution in [1.82, 2.24) is 4.98 Å². The number of carbonyl (C=O) groups is 1. The molecule has 0 saturated carbocycles. The molecule has 17 heavy (non-hydrogen) atoms. The van der Waals surface area contributed by atoms with E-state index in [9.17, 15) is 4.79 Å². The van der Waals surface area contributed by atoms with Crippen LogP contribution in [0.1, 0.15) is 36.8 Å². The molecular formula is C14H15NO2. The van der Waals surface area contributed by atoms with Crippen molar-refractivity contribution in [2.24, 2.45) is 0 Å². The Kier molecular flexibility index (Phi) is 2.69. The van der Waals surface area contributed by atoms with E-state index >= 15 is 0 Å². The number of nitrogens with one attached hydrogen (secondary N) is 1. The molecule has 0 fully saturated rings. The lowest BCUT2D eigenvalue weighted by molar-refractivity contribution is 0.00635. The van der Waals surface area contributed by atoms with E-state index in [1.165, 1.54) is 0 Å². The van der Waals surface area contributed by atoms with E-state index in [0.29, 0.717) is 11.3 Å². The van der Waals surface area contributed by atoms with Crippen molar-refractivity contribution >= 4 is 16.9 Å². The number of fused-ring (bicyclic) bond motifs is 1. The molecule has 0 amide bonds. The van der Waals surface area contributed by atoms with E-state index < -0.39 is 11.6 Å². The molecule has 0 aliphatic carbocycles. The van der Waals surface area contributed by atoms with E-state index in [1.807, 2.05) is 45.0 Å². The SMILES string of the molecule is [CH]c1c(C(=O)OC(C)(C)C)[nH]c2ccccc12. The summed E-state index contributed by atoms with van der Waals surface area (Å²) in [6, 6.07) is 7.51. The minimum atomic E-state index is -0.527. The fraction of sp³-hybridized carbons (Fsp3) is 0.286. The minimum absolute atomic E-state index is 0.320. The Morgan fingerprint density at radius 1 is 1.29 bits per heavy atom. The van der Waals surface area contributed by atoms with Gasteiger partial charge < -0.3 is 9.72 Å². The molecule has 1 heterocycles. The zero-order chi connectivity index (χ0) is 12.6. The Morgan fingerprint density at radius 2 is 1.94 bits per heavy atom. The predicted octanol–water partition coefficient (Wildman–Crippen LogP) is 3.18. The number of esters is 1. The number of aromatic amines is 1. The largest absolute Gasteiger partial charge is 0.455 e. The quantitative estimate of drug-likeness (QED) is 0.763. The number of carbonyl (C=O) groups excluding carboxylic acids is 1. The third-order valence-corrected chi connectivity index (χ3v) is 2.35. The lowest BCUT2D eigenvalue weighted by Gasteiger charge is -2.19. The first kappa shape index (κ1) is 11.7. The summed E-state index contributed by atoms with van der Waals surface area (Å²) in [4.78, 5) is 14.9. The molecule has 0 unspecified atom stereocenters. The number of aromatic nitrogens is 1. The lowest BCUT2D eigenvalue weighted by atomic mass is 10.1. The van der Waals surface area contributed by atoms with Crippen LogP contribution in [-0.2, 0) is 4.74 Å². The molecule has 0 saturated heterocycles. The molecule has 2 aromatic rings. The van der Waals surface area contributed by atoms with Gasteiger partial charge in [-0.15, -0.1) is 0 Å². The molecular weight excluding hydrogens is 214 g/mol. The van der Waals surface area contributed by atoms with Gasteiger partial charge in [-0.25, -0.2) is 4.79 Å². The summed E-state index contributed by atoms with van der Waals surface area (Å²) in [5, 5.41) is 0.841. The molecule has 0 aliphatic heterocycles. The Hall–Kier alpha value is -1.77. The molecule has 1 N–H and O–H groups in total. The first-order valence-corrected chi connectivity index (χ1v) is 5.48. The Labute approximate surface area is 101 Å². The van der Waals surface area contributed by atoms with Gasteiger partial charge in [0, 0.05) is 17.8 Å². The predicted molar refractivity (Wildman–Crippen MR) is 66.9 cm³/mol. The molecule has 88 valence electrons. The number of ether oxygens (including phenoxy) is 1. The molecule has 1 aromatic carbocycles. The molecule has 0 atom stereocenters. The fourth-order valence-electron chi connectivity index (χ4n) is 1.65. The molecule has 2 rings (SSSR count). The summed E-state index contributed by atoms with van der Waals surface area (Å²) in [5.74, 6) is -0.425. The number of hydrogen-bond acceptors (Lipinski definition) is 2. The second-order valence-electron chi connectivity index (χ2n) is 4.96. The van der Waals surface area contributed by atoms with Crippen LogP contribution in [0.25, 0.3) is 10.9 Å². The van der Waals surface area contributed by atoms with Crippen LogP contribution in [0, 0.1) is 6.92 Å². The van der Waals surface area contributed by atoms with Crippen LogP contribution in [0.4, 0.5) is 0 Å². The van der Waals surface area contributed by atoms with Gasteiger partial charge in [-0.05, 0) is 32.4 Å². The highest BCUT2D eigenvalue weighted by Crippen LogP contribution is 2.23. The van der Waals surface area contributed by atoms with Gasteiger partial charge in [-0.1, -0.05) is 18.2 Å². The highest BCUT2D eigenvalue weighted by molar-refractivity contribution is 5.98. The molecule has 1 aromatic heterocycles. The number of benzene rings is 1. The normalized spacial score (nSPS) is 11.8. The van der Waals surface area contributed by atoms with Crippen molar-refractivity contribution in [2.75, 3.05) is 0 Å². The Balaban J connectivity index is 2.43. The monoisotopic (exact) mass is 229 g/mol. The Morgan fingerprint density at radius 3 is 2.53 bits per heavy atom. The van der Waals surface area contributed by atoms with Crippen LogP contribution in [0.5, 0.6) is 0 Å². The van der Waals surface area contributed by atoms with E-state index in [0.717, 1.165) is 10.9 Å². The van der Waals surface area contributed by atoms with Gasteiger partial charge in [0.15, 0.2) is 0 Å². The van der Waals surface area contributed by atoms with Crippen molar-refractivity contribution in [2.45, 2.75) is 26.4 Å². The van der Waals surface area contributed by atoms with Gasteiger partial charge in [0.2, 0.25) is 0 Å². The third kappa shape index (κ3) is 2.33. The van der Waals surface area contributed by atoms with Gasteiger partial charge in [0.05, 0.1) is 0 Å². The van der Waals surface area contributed by atoms with Gasteiger partial charge >= 0.3 is 5.97 Å². The van der Waals surface area contributed by atoms with Crippen molar-refractivity contribution in [3.05, 3.63) is 42.4 Å². The molecule has 0 bridgehead atoms. The van der Waals surface area contributed by atoms with E-state index in [4.69, 9.17) is 11.7 Å². The van der Waals surface area contributed by atoms with Crippen molar-refractivity contribution in [3.63, 3.8) is 0 Å². The average Bonchev–Trinajstić information content (AvgIpc) is 2.55. The highest BCUT2D eigenvalue weighted by atomic mass is 16.6. The summed E-state index contributed by atoms with van der Waals surface area (Å²) >= 11 is 0. The standard InChI is InChI=1S/C14H15NO2/c1-9-10-7-5-6-8-11(10)15-12(9)13(16)17-14(2,3)4/h1,5-8,15H,2-4H3. The average molecular weight is 229 g/mol. The second-order valence-corrected chi connectivity index (χ2v) is 4.96. The maximum absolute atomic E-state index is 11.9. The van der Waals surface area contributed by atoms with Crippen LogP contribution < -0.4 is 0 Å². The first-order valence-electron chi connectivity index (χ1n) is 5.48. The van der Waals surface area contributed by atoms with Crippen LogP contribution in [0.15, 0.2) is 24.3 Å². The van der Waals surface area contributed by atoms with Crippen molar-refractivity contribution in [1.29, 1.82) is 0 Å². The topological polar surface area (TPSA) is 42.1 Å². The zero-order valence-corrected chi connectivity index (χ0v) is 10.2. The lowest BCUT2D eigenvalue weighted by Crippen LogP contribution is -2.24. The van der Waals surface area contributed by atoms with Gasteiger partial charge in [-0.2, -0.15) is 0 Å². The number of hydrogen-bond donors (Lipinski definition) is 1. The third-order valence-electron chi connectivity index (χ3n) is 2.35. The van der Waals surface area contributed by atoms with Crippen molar-refractivity contribution in [3.8, 4) is 0 Å². The maximum atomic E-state index is 11.9. The summed E-state index contributed by atoms with van der Waals surface area (Å²) in [6.45, 7) is 11.4. The van der Waals surface area contributed by atoms with Crippen LogP contribution in [0.2, 0.25) is 0 Å². The van der Waals surface area contributed by atoms with Crippen LogP contribution >= 0.6 is 0 Å². The molecule has 0 spiro atoms. The van der Waals surface area contributed by atoms with Crippen molar-refractivity contribution < 1.29 is 9.53 Å². The zero-order valence-electron chi connectivity index (χ0n) is 10.2. The number of rotatable bonds is 1. The van der Waals surface area contributed by atoms with E-state index in [2.05, 4.69) is 4.98 Å². The van der Waals surface area contributed by atoms with E-state index in [1.54, 1.807) is 0 Å². The van der Waals surface area contributed by atoms with Gasteiger partial charge in [0.25, 0.3) is 0 Å².